The topological polar surface area (TPSA) is 25.8 Å². The van der Waals surface area contributed by atoms with Crippen molar-refractivity contribution in [2.24, 2.45) is 0 Å². The number of hydrogen-bond donors (Lipinski definition) is 0. The van der Waals surface area contributed by atoms with Crippen molar-refractivity contribution in [2.75, 3.05) is 0 Å². The van der Waals surface area contributed by atoms with Crippen LogP contribution in [0.1, 0.15) is 0 Å². The van der Waals surface area contributed by atoms with Gasteiger partial charge in [-0.2, -0.15) is 0 Å². The monoisotopic (exact) mass is 798 g/mol. The molecule has 0 aliphatic carbocycles. The summed E-state index contributed by atoms with van der Waals surface area (Å²) in [5.74, 6) is 0.700. The van der Waals surface area contributed by atoms with Crippen LogP contribution in [0.3, 0.4) is 0 Å². The second-order valence-electron chi connectivity index (χ2n) is 15.3. The van der Waals surface area contributed by atoms with Gasteiger partial charge in [0, 0.05) is 57.0 Å². The van der Waals surface area contributed by atoms with Gasteiger partial charge in [-0.3, -0.25) is 0 Å². The van der Waals surface area contributed by atoms with Crippen molar-refractivity contribution < 1.29 is 0 Å². The average Bonchev–Trinajstić information content (AvgIpc) is 3.89. The number of benzene rings is 9. The average molecular weight is 799 g/mol. The van der Waals surface area contributed by atoms with Crippen molar-refractivity contribution in [1.29, 1.82) is 0 Å². The Kier molecular flexibility index (Phi) is 8.25. The molecule has 0 saturated carbocycles. The second kappa shape index (κ2) is 14.2. The van der Waals surface area contributed by atoms with Gasteiger partial charge in [0.2, 0.25) is 0 Å². The Bertz CT molecular complexity index is 3460. The van der Waals surface area contributed by atoms with Crippen LogP contribution in [0.25, 0.3) is 118 Å². The molecular weight excluding hydrogens is 765 g/mol. The van der Waals surface area contributed by atoms with Crippen LogP contribution in [0, 0.1) is 0 Å². The maximum Gasteiger partial charge on any atom is 0.160 e. The standard InChI is InChI=1S/C56H34N2S2/c1-2-12-38(13-3-1)56-57-50(37-23-21-36(22-24-37)45-18-10-14-35-11-4-5-15-44(35)45)34-51(58-56)43-30-41(39-25-27-54-48(32-39)46-16-6-8-19-52(46)59-54)29-42(31-43)40-26-28-55-49(33-40)47-17-7-9-20-53(47)60-55/h1-34H. The van der Waals surface area contributed by atoms with Crippen LogP contribution in [0.5, 0.6) is 0 Å². The molecule has 3 aromatic heterocycles. The largest absolute Gasteiger partial charge is 0.228 e. The van der Waals surface area contributed by atoms with Crippen LogP contribution in [0.4, 0.5) is 0 Å². The van der Waals surface area contributed by atoms with Crippen molar-refractivity contribution in [3.05, 3.63) is 206 Å². The lowest BCUT2D eigenvalue weighted by molar-refractivity contribution is 1.18. The van der Waals surface area contributed by atoms with Crippen LogP contribution in [-0.2, 0) is 0 Å². The van der Waals surface area contributed by atoms with Gasteiger partial charge in [0.15, 0.2) is 5.82 Å². The molecule has 0 radical (unpaired) electrons. The quantitative estimate of drug-likeness (QED) is 0.167. The molecule has 9 aromatic carbocycles. The summed E-state index contributed by atoms with van der Waals surface area (Å²) in [6.45, 7) is 0. The smallest absolute Gasteiger partial charge is 0.160 e. The maximum atomic E-state index is 5.33. The minimum Gasteiger partial charge on any atom is -0.228 e. The van der Waals surface area contributed by atoms with Gasteiger partial charge < -0.3 is 0 Å². The number of rotatable bonds is 6. The summed E-state index contributed by atoms with van der Waals surface area (Å²) >= 11 is 3.70. The van der Waals surface area contributed by atoms with Crippen LogP contribution in [-0.4, -0.2) is 9.97 Å². The molecule has 280 valence electrons. The third kappa shape index (κ3) is 6.08. The minimum absolute atomic E-state index is 0.700. The molecule has 2 nitrogen and oxygen atoms in total. The van der Waals surface area contributed by atoms with Crippen molar-refractivity contribution in [1.82, 2.24) is 9.97 Å². The van der Waals surface area contributed by atoms with Crippen molar-refractivity contribution in [3.63, 3.8) is 0 Å². The number of thiophene rings is 2. The predicted octanol–water partition coefficient (Wildman–Crippen LogP) is 16.4. The molecule has 0 spiro atoms. The zero-order valence-corrected chi connectivity index (χ0v) is 34.0. The molecule has 0 unspecified atom stereocenters. The van der Waals surface area contributed by atoms with E-state index < -0.39 is 0 Å². The summed E-state index contributed by atoms with van der Waals surface area (Å²) in [5.41, 5.74) is 11.9. The molecule has 0 atom stereocenters. The number of fused-ring (bicyclic) bond motifs is 7. The lowest BCUT2D eigenvalue weighted by Gasteiger charge is -2.14. The molecule has 0 aliphatic heterocycles. The summed E-state index contributed by atoms with van der Waals surface area (Å²) in [4.78, 5) is 10.5. The Morgan fingerprint density at radius 1 is 0.267 bits per heavy atom. The zero-order chi connectivity index (χ0) is 39.6. The Morgan fingerprint density at radius 2 is 0.750 bits per heavy atom. The van der Waals surface area contributed by atoms with Gasteiger partial charge in [0.25, 0.3) is 0 Å². The van der Waals surface area contributed by atoms with Gasteiger partial charge in [0.1, 0.15) is 0 Å². The van der Waals surface area contributed by atoms with Gasteiger partial charge in [-0.25, -0.2) is 9.97 Å². The number of aromatic nitrogens is 2. The summed E-state index contributed by atoms with van der Waals surface area (Å²) < 4.78 is 5.21. The Labute approximate surface area is 355 Å². The fourth-order valence-corrected chi connectivity index (χ4v) is 10.8. The van der Waals surface area contributed by atoms with Crippen molar-refractivity contribution in [2.45, 2.75) is 0 Å². The first-order valence-electron chi connectivity index (χ1n) is 20.2. The highest BCUT2D eigenvalue weighted by Gasteiger charge is 2.16. The van der Waals surface area contributed by atoms with E-state index in [9.17, 15) is 0 Å². The molecule has 12 aromatic rings. The van der Waals surface area contributed by atoms with Crippen LogP contribution in [0.15, 0.2) is 206 Å². The van der Waals surface area contributed by atoms with Crippen molar-refractivity contribution >= 4 is 73.8 Å². The molecular formula is C56H34N2S2. The zero-order valence-electron chi connectivity index (χ0n) is 32.3. The van der Waals surface area contributed by atoms with E-state index in [0.29, 0.717) is 5.82 Å². The summed E-state index contributed by atoms with van der Waals surface area (Å²) in [7, 11) is 0. The summed E-state index contributed by atoms with van der Waals surface area (Å²) in [6.07, 6.45) is 0. The highest BCUT2D eigenvalue weighted by molar-refractivity contribution is 7.26. The molecule has 0 amide bonds. The molecule has 0 bridgehead atoms. The van der Waals surface area contributed by atoms with Crippen LogP contribution in [0.2, 0.25) is 0 Å². The SMILES string of the molecule is c1ccc(-c2nc(-c3ccc(-c4cccc5ccccc45)cc3)cc(-c3cc(-c4ccc5sc6ccccc6c5c4)cc(-c4ccc5sc6ccccc6c5c4)c3)n2)cc1. The van der Waals surface area contributed by atoms with E-state index in [-0.39, 0.29) is 0 Å². The molecule has 0 saturated heterocycles. The fourth-order valence-electron chi connectivity index (χ4n) is 8.68. The normalized spacial score (nSPS) is 11.7. The fraction of sp³-hybridized carbons (Fsp3) is 0. The first-order valence-corrected chi connectivity index (χ1v) is 21.8. The summed E-state index contributed by atoms with van der Waals surface area (Å²) in [5, 5.41) is 7.65. The molecule has 60 heavy (non-hydrogen) atoms. The third-order valence-electron chi connectivity index (χ3n) is 11.7. The number of nitrogens with zero attached hydrogens (tertiary/aromatic N) is 2. The van der Waals surface area contributed by atoms with Gasteiger partial charge >= 0.3 is 0 Å². The first kappa shape index (κ1) is 34.8. The Balaban J connectivity index is 1.04. The highest BCUT2D eigenvalue weighted by atomic mass is 32.1. The molecule has 12 rings (SSSR count). The molecule has 0 aliphatic rings. The first-order chi connectivity index (χ1) is 29.7. The van der Waals surface area contributed by atoms with E-state index in [1.54, 1.807) is 0 Å². The second-order valence-corrected chi connectivity index (χ2v) is 17.5. The molecule has 4 heteroatoms. The van der Waals surface area contributed by atoms with E-state index in [2.05, 4.69) is 200 Å². The van der Waals surface area contributed by atoms with E-state index in [0.717, 1.165) is 39.2 Å². The lowest BCUT2D eigenvalue weighted by atomic mass is 9.93. The van der Waals surface area contributed by atoms with E-state index in [1.165, 1.54) is 73.4 Å². The molecule has 0 fully saturated rings. The highest BCUT2D eigenvalue weighted by Crippen LogP contribution is 2.41. The van der Waals surface area contributed by atoms with E-state index in [4.69, 9.17) is 9.97 Å². The van der Waals surface area contributed by atoms with E-state index in [1.807, 2.05) is 28.7 Å². The Hall–Kier alpha value is -7.24. The minimum atomic E-state index is 0.700. The van der Waals surface area contributed by atoms with Gasteiger partial charge in [-0.1, -0.05) is 146 Å². The van der Waals surface area contributed by atoms with E-state index >= 15 is 0 Å². The van der Waals surface area contributed by atoms with Gasteiger partial charge in [-0.15, -0.1) is 22.7 Å². The number of hydrogen-bond acceptors (Lipinski definition) is 4. The summed E-state index contributed by atoms with van der Waals surface area (Å²) in [6, 6.07) is 74.6. The van der Waals surface area contributed by atoms with Crippen LogP contribution < -0.4 is 0 Å². The molecule has 3 heterocycles. The molecule has 0 N–H and O–H groups in total. The van der Waals surface area contributed by atoms with Crippen molar-refractivity contribution in [3.8, 4) is 67.3 Å². The van der Waals surface area contributed by atoms with Gasteiger partial charge in [0.05, 0.1) is 11.4 Å². The predicted molar refractivity (Wildman–Crippen MR) is 258 cm³/mol. The maximum absolute atomic E-state index is 5.33. The Morgan fingerprint density at radius 3 is 1.40 bits per heavy atom. The third-order valence-corrected chi connectivity index (χ3v) is 14.0. The van der Waals surface area contributed by atoms with Gasteiger partial charge in [-0.05, 0) is 105 Å². The lowest BCUT2D eigenvalue weighted by Crippen LogP contribution is -1.96. The van der Waals surface area contributed by atoms with Crippen LogP contribution >= 0.6 is 22.7 Å².